The maximum absolute atomic E-state index is 15.4. The molecule has 4 heteroatoms. The normalized spacial score (nSPS) is 11.2. The lowest BCUT2D eigenvalue weighted by Gasteiger charge is -2.37. The van der Waals surface area contributed by atoms with Crippen molar-refractivity contribution in [3.63, 3.8) is 0 Å². The Morgan fingerprint density at radius 3 is 1.66 bits per heavy atom. The minimum Gasteiger partial charge on any atom is -0.289 e. The Bertz CT molecular complexity index is 1020. The van der Waals surface area contributed by atoms with Gasteiger partial charge in [0.1, 0.15) is 5.54 Å². The van der Waals surface area contributed by atoms with Crippen molar-refractivity contribution < 1.29 is 4.39 Å². The summed E-state index contributed by atoms with van der Waals surface area (Å²) in [5, 5.41) is 8.92. The number of nitriles is 1. The molecule has 3 aromatic carbocycles. The fraction of sp³-hybridized carbons (Fsp3) is 0.120. The van der Waals surface area contributed by atoms with Crippen molar-refractivity contribution in [2.75, 3.05) is 0 Å². The molecule has 0 fully saturated rings. The molecule has 0 atom stereocenters. The van der Waals surface area contributed by atoms with Crippen molar-refractivity contribution in [3.05, 3.63) is 126 Å². The van der Waals surface area contributed by atoms with Crippen LogP contribution in [0.3, 0.4) is 0 Å². The van der Waals surface area contributed by atoms with Gasteiger partial charge in [0.15, 0.2) is 0 Å². The van der Waals surface area contributed by atoms with Gasteiger partial charge in [-0.3, -0.25) is 4.57 Å². The van der Waals surface area contributed by atoms with Crippen LogP contribution in [0.4, 0.5) is 4.39 Å². The van der Waals surface area contributed by atoms with Crippen LogP contribution in [0.5, 0.6) is 0 Å². The lowest BCUT2D eigenvalue weighted by molar-refractivity contribution is 0.397. The second kappa shape index (κ2) is 8.12. The van der Waals surface area contributed by atoms with Crippen molar-refractivity contribution in [1.82, 2.24) is 9.55 Å². The molecule has 1 heterocycles. The van der Waals surface area contributed by atoms with Gasteiger partial charge in [-0.25, -0.2) is 4.98 Å². The van der Waals surface area contributed by atoms with Crippen LogP contribution >= 0.6 is 0 Å². The fourth-order valence-corrected chi connectivity index (χ4v) is 3.90. The van der Waals surface area contributed by atoms with Gasteiger partial charge in [-0.05, 0) is 16.7 Å². The number of aromatic nitrogens is 2. The number of hydrogen-bond acceptors (Lipinski definition) is 2. The van der Waals surface area contributed by atoms with E-state index in [0.717, 1.165) is 16.7 Å². The van der Waals surface area contributed by atoms with Gasteiger partial charge in [0.2, 0.25) is 0 Å². The maximum Gasteiger partial charge on any atom is 0.290 e. The number of halogens is 1. The van der Waals surface area contributed by atoms with Crippen LogP contribution < -0.4 is 0 Å². The van der Waals surface area contributed by atoms with E-state index in [1.165, 1.54) is 0 Å². The molecule has 4 aromatic rings. The first-order chi connectivity index (χ1) is 14.3. The Hall–Kier alpha value is -3.71. The highest BCUT2D eigenvalue weighted by molar-refractivity contribution is 5.50. The van der Waals surface area contributed by atoms with Crippen LogP contribution in [-0.2, 0) is 12.0 Å². The van der Waals surface area contributed by atoms with E-state index in [9.17, 15) is 0 Å². The lowest BCUT2D eigenvalue weighted by atomic mass is 9.76. The van der Waals surface area contributed by atoms with E-state index in [4.69, 9.17) is 5.26 Å². The zero-order valence-corrected chi connectivity index (χ0v) is 15.9. The third kappa shape index (κ3) is 3.32. The lowest BCUT2D eigenvalue weighted by Crippen LogP contribution is -2.38. The van der Waals surface area contributed by atoms with Crippen LogP contribution in [0.25, 0.3) is 0 Å². The highest BCUT2D eigenvalue weighted by Crippen LogP contribution is 2.41. The Labute approximate surface area is 169 Å². The van der Waals surface area contributed by atoms with Crippen molar-refractivity contribution in [1.29, 1.82) is 5.26 Å². The number of nitrogens with zero attached hydrogens (tertiary/aromatic N) is 3. The SMILES string of the molecule is N#CCCc1cn(C(c2ccccc2)(c2ccccc2)c2ccccc2)c(F)n1. The molecule has 0 aliphatic rings. The summed E-state index contributed by atoms with van der Waals surface area (Å²) in [6.45, 7) is 0. The molecule has 0 N–H and O–H groups in total. The standard InChI is InChI=1S/C25H20FN3/c26-24-28-23(17-10-18-27)19-29(24)25(20-11-4-1-5-12-20,21-13-6-2-7-14-21)22-15-8-3-9-16-22/h1-9,11-16,19H,10,17H2. The van der Waals surface area contributed by atoms with Crippen molar-refractivity contribution in [3.8, 4) is 6.07 Å². The van der Waals surface area contributed by atoms with E-state index in [1.54, 1.807) is 10.8 Å². The number of rotatable bonds is 6. The predicted molar refractivity (Wildman–Crippen MR) is 111 cm³/mol. The molecule has 3 nitrogen and oxygen atoms in total. The molecule has 0 aliphatic carbocycles. The van der Waals surface area contributed by atoms with E-state index in [0.29, 0.717) is 18.5 Å². The summed E-state index contributed by atoms with van der Waals surface area (Å²) >= 11 is 0. The molecule has 0 saturated heterocycles. The minimum absolute atomic E-state index is 0.297. The summed E-state index contributed by atoms with van der Waals surface area (Å²) < 4.78 is 17.0. The molecular weight excluding hydrogens is 361 g/mol. The first-order valence-electron chi connectivity index (χ1n) is 9.54. The van der Waals surface area contributed by atoms with Gasteiger partial charge in [-0.1, -0.05) is 91.0 Å². The average molecular weight is 381 g/mol. The zero-order valence-electron chi connectivity index (χ0n) is 15.9. The monoisotopic (exact) mass is 381 g/mol. The van der Waals surface area contributed by atoms with Gasteiger partial charge in [-0.2, -0.15) is 9.65 Å². The summed E-state index contributed by atoms with van der Waals surface area (Å²) in [7, 11) is 0. The van der Waals surface area contributed by atoms with Crippen molar-refractivity contribution in [2.24, 2.45) is 0 Å². The molecule has 4 rings (SSSR count). The molecular formula is C25H20FN3. The third-order valence-corrected chi connectivity index (χ3v) is 5.14. The minimum atomic E-state index is -0.925. The Kier molecular flexibility index (Phi) is 5.22. The quantitative estimate of drug-likeness (QED) is 0.424. The molecule has 1 aromatic heterocycles. The van der Waals surface area contributed by atoms with Crippen LogP contribution in [0.15, 0.2) is 97.2 Å². The third-order valence-electron chi connectivity index (χ3n) is 5.14. The van der Waals surface area contributed by atoms with Crippen LogP contribution in [-0.4, -0.2) is 9.55 Å². The molecule has 0 radical (unpaired) electrons. The number of aryl methyl sites for hydroxylation is 1. The summed E-state index contributed by atoms with van der Waals surface area (Å²) in [6, 6.07) is 31.8. The van der Waals surface area contributed by atoms with Crippen LogP contribution in [0.2, 0.25) is 0 Å². The molecule has 0 saturated carbocycles. The zero-order chi connectivity index (χ0) is 20.1. The summed E-state index contributed by atoms with van der Waals surface area (Å²) in [6.07, 6.45) is 1.87. The molecule has 0 unspecified atom stereocenters. The number of imidazole rings is 1. The van der Waals surface area contributed by atoms with E-state index in [2.05, 4.69) is 11.1 Å². The Morgan fingerprint density at radius 1 is 0.793 bits per heavy atom. The maximum atomic E-state index is 15.4. The second-order valence-electron chi connectivity index (χ2n) is 6.84. The molecule has 29 heavy (non-hydrogen) atoms. The van der Waals surface area contributed by atoms with Gasteiger partial charge in [0, 0.05) is 19.0 Å². The molecule has 0 amide bonds. The molecule has 0 spiro atoms. The van der Waals surface area contributed by atoms with E-state index >= 15 is 4.39 Å². The Balaban J connectivity index is 2.07. The summed E-state index contributed by atoms with van der Waals surface area (Å²) in [5.74, 6) is 0. The van der Waals surface area contributed by atoms with Crippen molar-refractivity contribution in [2.45, 2.75) is 18.4 Å². The summed E-state index contributed by atoms with van der Waals surface area (Å²) in [5.41, 5.74) is 2.43. The van der Waals surface area contributed by atoms with Gasteiger partial charge < -0.3 is 0 Å². The van der Waals surface area contributed by atoms with Gasteiger partial charge in [0.25, 0.3) is 6.08 Å². The van der Waals surface area contributed by atoms with E-state index in [1.807, 2.05) is 91.0 Å². The predicted octanol–water partition coefficient (Wildman–Crippen LogP) is 5.32. The first-order valence-corrected chi connectivity index (χ1v) is 9.54. The highest BCUT2D eigenvalue weighted by atomic mass is 19.1. The number of hydrogen-bond donors (Lipinski definition) is 0. The summed E-state index contributed by atoms with van der Waals surface area (Å²) in [4.78, 5) is 4.14. The van der Waals surface area contributed by atoms with E-state index < -0.39 is 11.6 Å². The Morgan fingerprint density at radius 2 is 1.24 bits per heavy atom. The molecule has 0 bridgehead atoms. The van der Waals surface area contributed by atoms with Gasteiger partial charge in [-0.15, -0.1) is 0 Å². The van der Waals surface area contributed by atoms with E-state index in [-0.39, 0.29) is 0 Å². The topological polar surface area (TPSA) is 41.6 Å². The first kappa shape index (κ1) is 18.6. The highest BCUT2D eigenvalue weighted by Gasteiger charge is 2.40. The largest absolute Gasteiger partial charge is 0.290 e. The second-order valence-corrected chi connectivity index (χ2v) is 6.84. The fourth-order valence-electron chi connectivity index (χ4n) is 3.90. The van der Waals surface area contributed by atoms with Crippen LogP contribution in [0.1, 0.15) is 28.8 Å². The average Bonchev–Trinajstić information content (AvgIpc) is 3.16. The van der Waals surface area contributed by atoms with Crippen molar-refractivity contribution >= 4 is 0 Å². The number of benzene rings is 3. The molecule has 142 valence electrons. The van der Waals surface area contributed by atoms with Crippen LogP contribution in [0, 0.1) is 17.4 Å². The van der Waals surface area contributed by atoms with Gasteiger partial charge >= 0.3 is 0 Å². The molecule has 0 aliphatic heterocycles. The smallest absolute Gasteiger partial charge is 0.289 e. The van der Waals surface area contributed by atoms with Gasteiger partial charge in [0.05, 0.1) is 11.8 Å².